The summed E-state index contributed by atoms with van der Waals surface area (Å²) < 4.78 is 5.11. The summed E-state index contributed by atoms with van der Waals surface area (Å²) in [5.74, 6) is -0.0795. The van der Waals surface area contributed by atoms with Crippen molar-refractivity contribution in [3.63, 3.8) is 0 Å². The number of ether oxygens (including phenoxy) is 1. The minimum absolute atomic E-state index is 0.0355. The molecule has 1 unspecified atom stereocenters. The molecule has 1 aliphatic heterocycles. The third-order valence-corrected chi connectivity index (χ3v) is 5.08. The van der Waals surface area contributed by atoms with Gasteiger partial charge in [0, 0.05) is 24.3 Å². The van der Waals surface area contributed by atoms with Crippen LogP contribution in [0.2, 0.25) is 5.02 Å². The maximum atomic E-state index is 12.6. The number of amides is 2. The summed E-state index contributed by atoms with van der Waals surface area (Å²) in [6.07, 6.45) is 0.198. The first-order chi connectivity index (χ1) is 12.4. The van der Waals surface area contributed by atoms with Gasteiger partial charge in [0.1, 0.15) is 5.75 Å². The molecule has 0 spiro atoms. The van der Waals surface area contributed by atoms with Gasteiger partial charge in [0.2, 0.25) is 11.8 Å². The SMILES string of the molecule is COc1ccc(NC(=O)C2CC(=O)N(c3cccc(C)c3C)C2)cc1Cl. The standard InChI is InChI=1S/C20H21ClN2O3/c1-12-5-4-6-17(13(12)2)23-11-14(9-19(23)24)20(25)22-15-7-8-18(26-3)16(21)10-15/h4-8,10,14H,9,11H2,1-3H3,(H,22,25). The van der Waals surface area contributed by atoms with Crippen LogP contribution in [-0.2, 0) is 9.59 Å². The van der Waals surface area contributed by atoms with Gasteiger partial charge in [0.25, 0.3) is 0 Å². The maximum absolute atomic E-state index is 12.6. The van der Waals surface area contributed by atoms with E-state index < -0.39 is 5.92 Å². The fourth-order valence-corrected chi connectivity index (χ4v) is 3.39. The molecule has 1 N–H and O–H groups in total. The van der Waals surface area contributed by atoms with Gasteiger partial charge in [-0.25, -0.2) is 0 Å². The Morgan fingerprint density at radius 1 is 1.27 bits per heavy atom. The second-order valence-corrected chi connectivity index (χ2v) is 6.87. The zero-order chi connectivity index (χ0) is 18.8. The summed E-state index contributed by atoms with van der Waals surface area (Å²) in [5.41, 5.74) is 3.64. The molecular weight excluding hydrogens is 352 g/mol. The van der Waals surface area contributed by atoms with Crippen LogP contribution in [0.25, 0.3) is 0 Å². The number of halogens is 1. The minimum atomic E-state index is -0.400. The Morgan fingerprint density at radius 2 is 2.04 bits per heavy atom. The number of hydrogen-bond acceptors (Lipinski definition) is 3. The summed E-state index contributed by atoms with van der Waals surface area (Å²) in [6, 6.07) is 10.9. The van der Waals surface area contributed by atoms with Crippen molar-refractivity contribution in [2.45, 2.75) is 20.3 Å². The number of nitrogens with zero attached hydrogens (tertiary/aromatic N) is 1. The van der Waals surface area contributed by atoms with Gasteiger partial charge in [0.15, 0.2) is 0 Å². The first-order valence-corrected chi connectivity index (χ1v) is 8.79. The molecule has 0 aromatic heterocycles. The molecule has 2 amide bonds. The average molecular weight is 373 g/mol. The first-order valence-electron chi connectivity index (χ1n) is 8.41. The molecule has 0 saturated carbocycles. The number of hydrogen-bond donors (Lipinski definition) is 1. The molecule has 1 saturated heterocycles. The van der Waals surface area contributed by atoms with Crippen molar-refractivity contribution in [2.75, 3.05) is 23.9 Å². The third kappa shape index (κ3) is 3.53. The second kappa shape index (κ2) is 7.38. The van der Waals surface area contributed by atoms with E-state index in [-0.39, 0.29) is 18.2 Å². The van der Waals surface area contributed by atoms with Gasteiger partial charge < -0.3 is 15.0 Å². The molecule has 0 aliphatic carbocycles. The summed E-state index contributed by atoms with van der Waals surface area (Å²) >= 11 is 6.09. The van der Waals surface area contributed by atoms with E-state index in [0.717, 1.165) is 16.8 Å². The third-order valence-electron chi connectivity index (χ3n) is 4.78. The Bertz CT molecular complexity index is 866. The molecule has 1 atom stereocenters. The Labute approximate surface area is 157 Å². The van der Waals surface area contributed by atoms with Crippen LogP contribution in [-0.4, -0.2) is 25.5 Å². The number of carbonyl (C=O) groups excluding carboxylic acids is 2. The van der Waals surface area contributed by atoms with Crippen LogP contribution in [0.1, 0.15) is 17.5 Å². The van der Waals surface area contributed by atoms with Gasteiger partial charge >= 0.3 is 0 Å². The molecule has 3 rings (SSSR count). The molecule has 1 fully saturated rings. The Hall–Kier alpha value is -2.53. The highest BCUT2D eigenvalue weighted by molar-refractivity contribution is 6.32. The lowest BCUT2D eigenvalue weighted by Gasteiger charge is -2.20. The summed E-state index contributed by atoms with van der Waals surface area (Å²) in [7, 11) is 1.53. The van der Waals surface area contributed by atoms with E-state index in [0.29, 0.717) is 23.0 Å². The maximum Gasteiger partial charge on any atom is 0.229 e. The number of aryl methyl sites for hydroxylation is 1. The number of carbonyl (C=O) groups is 2. The van der Waals surface area contributed by atoms with Crippen LogP contribution in [0.15, 0.2) is 36.4 Å². The first kappa shape index (κ1) is 18.3. The van der Waals surface area contributed by atoms with Gasteiger partial charge in [-0.1, -0.05) is 23.7 Å². The van der Waals surface area contributed by atoms with E-state index >= 15 is 0 Å². The fourth-order valence-electron chi connectivity index (χ4n) is 3.13. The lowest BCUT2D eigenvalue weighted by molar-refractivity contribution is -0.122. The molecule has 136 valence electrons. The zero-order valence-corrected chi connectivity index (χ0v) is 15.8. The molecule has 5 nitrogen and oxygen atoms in total. The second-order valence-electron chi connectivity index (χ2n) is 6.46. The van der Waals surface area contributed by atoms with Crippen LogP contribution < -0.4 is 15.0 Å². The van der Waals surface area contributed by atoms with Gasteiger partial charge in [-0.05, 0) is 49.2 Å². The van der Waals surface area contributed by atoms with Crippen LogP contribution in [0.4, 0.5) is 11.4 Å². The average Bonchev–Trinajstić information content (AvgIpc) is 2.99. The van der Waals surface area contributed by atoms with Crippen molar-refractivity contribution in [2.24, 2.45) is 5.92 Å². The molecule has 2 aromatic carbocycles. The predicted octanol–water partition coefficient (Wildman–Crippen LogP) is 3.96. The Morgan fingerprint density at radius 3 is 2.73 bits per heavy atom. The molecule has 0 bridgehead atoms. The number of anilines is 2. The van der Waals surface area contributed by atoms with E-state index in [9.17, 15) is 9.59 Å². The molecule has 1 heterocycles. The predicted molar refractivity (Wildman–Crippen MR) is 103 cm³/mol. The number of rotatable bonds is 4. The number of benzene rings is 2. The van der Waals surface area contributed by atoms with Crippen LogP contribution in [0.3, 0.4) is 0 Å². The largest absolute Gasteiger partial charge is 0.495 e. The highest BCUT2D eigenvalue weighted by Gasteiger charge is 2.35. The topological polar surface area (TPSA) is 58.6 Å². The number of nitrogens with one attached hydrogen (secondary N) is 1. The summed E-state index contributed by atoms with van der Waals surface area (Å²) in [4.78, 5) is 26.7. The lowest BCUT2D eigenvalue weighted by atomic mass is 10.1. The highest BCUT2D eigenvalue weighted by atomic mass is 35.5. The summed E-state index contributed by atoms with van der Waals surface area (Å²) in [5, 5.41) is 3.26. The van der Waals surface area contributed by atoms with E-state index in [1.807, 2.05) is 32.0 Å². The number of methoxy groups -OCH3 is 1. The van der Waals surface area contributed by atoms with Crippen LogP contribution in [0, 0.1) is 19.8 Å². The highest BCUT2D eigenvalue weighted by Crippen LogP contribution is 2.31. The Kier molecular flexibility index (Phi) is 5.18. The summed E-state index contributed by atoms with van der Waals surface area (Å²) in [6.45, 7) is 4.38. The minimum Gasteiger partial charge on any atom is -0.495 e. The smallest absolute Gasteiger partial charge is 0.229 e. The van der Waals surface area contributed by atoms with Crippen molar-refractivity contribution >= 4 is 34.8 Å². The quantitative estimate of drug-likeness (QED) is 0.883. The van der Waals surface area contributed by atoms with Crippen molar-refractivity contribution in [3.05, 3.63) is 52.5 Å². The normalized spacial score (nSPS) is 16.7. The van der Waals surface area contributed by atoms with E-state index in [1.165, 1.54) is 7.11 Å². The molecule has 2 aromatic rings. The fraction of sp³-hybridized carbons (Fsp3) is 0.300. The van der Waals surface area contributed by atoms with E-state index in [1.54, 1.807) is 23.1 Å². The zero-order valence-electron chi connectivity index (χ0n) is 15.0. The van der Waals surface area contributed by atoms with Gasteiger partial charge in [-0.3, -0.25) is 9.59 Å². The molecule has 6 heteroatoms. The molecule has 1 aliphatic rings. The van der Waals surface area contributed by atoms with Gasteiger partial charge in [-0.15, -0.1) is 0 Å². The Balaban J connectivity index is 1.73. The van der Waals surface area contributed by atoms with E-state index in [4.69, 9.17) is 16.3 Å². The van der Waals surface area contributed by atoms with Crippen molar-refractivity contribution in [3.8, 4) is 5.75 Å². The van der Waals surface area contributed by atoms with Crippen LogP contribution in [0.5, 0.6) is 5.75 Å². The molecule has 26 heavy (non-hydrogen) atoms. The molecule has 0 radical (unpaired) electrons. The van der Waals surface area contributed by atoms with Gasteiger partial charge in [-0.2, -0.15) is 0 Å². The van der Waals surface area contributed by atoms with Crippen molar-refractivity contribution < 1.29 is 14.3 Å². The van der Waals surface area contributed by atoms with E-state index in [2.05, 4.69) is 5.32 Å². The van der Waals surface area contributed by atoms with Crippen molar-refractivity contribution in [1.29, 1.82) is 0 Å². The van der Waals surface area contributed by atoms with Gasteiger partial charge in [0.05, 0.1) is 18.1 Å². The van der Waals surface area contributed by atoms with Crippen molar-refractivity contribution in [1.82, 2.24) is 0 Å². The lowest BCUT2D eigenvalue weighted by Crippen LogP contribution is -2.28. The van der Waals surface area contributed by atoms with Crippen LogP contribution >= 0.6 is 11.6 Å². The monoisotopic (exact) mass is 372 g/mol. The molecular formula is C20H21ClN2O3.